The van der Waals surface area contributed by atoms with Crippen molar-refractivity contribution in [2.45, 2.75) is 28.2 Å². The molecule has 0 unspecified atom stereocenters. The van der Waals surface area contributed by atoms with Crippen LogP contribution in [0.3, 0.4) is 0 Å². The summed E-state index contributed by atoms with van der Waals surface area (Å²) in [5.74, 6) is 0. The molecule has 1 aromatic carbocycles. The molecule has 0 saturated heterocycles. The van der Waals surface area contributed by atoms with Gasteiger partial charge in [-0.2, -0.15) is 0 Å². The molecular formula is C10H16F2. The van der Waals surface area contributed by atoms with Crippen LogP contribution in [0.4, 0.5) is 8.78 Å². The fraction of sp³-hybridized carbons (Fsp3) is 0.400. The molecule has 0 heterocycles. The lowest BCUT2D eigenvalue weighted by Crippen LogP contribution is -1.83. The first-order chi connectivity index (χ1) is 4.70. The maximum atomic E-state index is 11.9. The third-order valence-corrected chi connectivity index (χ3v) is 1.29. The molecule has 0 aliphatic rings. The summed E-state index contributed by atoms with van der Waals surface area (Å²) in [4.78, 5) is 0. The molecule has 1 rings (SSSR count). The zero-order valence-corrected chi connectivity index (χ0v) is 5.64. The maximum absolute atomic E-state index is 11.9. The molecule has 0 aliphatic carbocycles. The highest BCUT2D eigenvalue weighted by molar-refractivity contribution is 5.22. The topological polar surface area (TPSA) is 0 Å². The fourth-order valence-electron chi connectivity index (χ4n) is 0.806. The molecular weight excluding hydrogens is 158 g/mol. The molecule has 0 spiro atoms. The summed E-state index contributed by atoms with van der Waals surface area (Å²) in [6.45, 7) is 1.80. The highest BCUT2D eigenvalue weighted by Crippen LogP contribution is 2.18. The molecule has 0 atom stereocenters. The molecule has 1 aromatic rings. The first kappa shape index (κ1) is 13.7. The van der Waals surface area contributed by atoms with E-state index in [1.165, 1.54) is 12.1 Å². The van der Waals surface area contributed by atoms with Gasteiger partial charge in [0.15, 0.2) is 0 Å². The van der Waals surface area contributed by atoms with Gasteiger partial charge in [0, 0.05) is 5.56 Å². The van der Waals surface area contributed by atoms with E-state index < -0.39 is 6.43 Å². The van der Waals surface area contributed by atoms with Gasteiger partial charge in [0.25, 0.3) is 6.43 Å². The molecule has 0 bridgehead atoms. The normalized spacial score (nSPS) is 8.67. The Kier molecular flexibility index (Phi) is 6.48. The Hall–Kier alpha value is -0.920. The second-order valence-electron chi connectivity index (χ2n) is 2.21. The first-order valence-electron chi connectivity index (χ1n) is 3.05. The molecule has 0 aliphatic heterocycles. The standard InChI is InChI=1S/C8H8F2.2CH4/c1-6-3-2-4-7(5-6)8(9)10;;/h2-5,8H,1H3;2*1H4. The molecule has 0 saturated carbocycles. The zero-order chi connectivity index (χ0) is 7.56. The minimum Gasteiger partial charge on any atom is -0.205 e. The van der Waals surface area contributed by atoms with Gasteiger partial charge in [-0.25, -0.2) is 8.78 Å². The van der Waals surface area contributed by atoms with Crippen LogP contribution in [0.15, 0.2) is 24.3 Å². The SMILES string of the molecule is C.C.Cc1cccc(C(F)F)c1. The molecule has 2 heteroatoms. The molecule has 12 heavy (non-hydrogen) atoms. The summed E-state index contributed by atoms with van der Waals surface area (Å²) in [6.07, 6.45) is -2.35. The predicted molar refractivity (Wildman–Crippen MR) is 49.6 cm³/mol. The number of alkyl halides is 2. The van der Waals surface area contributed by atoms with E-state index in [2.05, 4.69) is 0 Å². The average molecular weight is 174 g/mol. The van der Waals surface area contributed by atoms with Crippen molar-refractivity contribution in [1.82, 2.24) is 0 Å². The maximum Gasteiger partial charge on any atom is 0.263 e. The number of hydrogen-bond acceptors (Lipinski definition) is 0. The fourth-order valence-corrected chi connectivity index (χ4v) is 0.806. The van der Waals surface area contributed by atoms with Gasteiger partial charge in [-0.15, -0.1) is 0 Å². The monoisotopic (exact) mass is 174 g/mol. The van der Waals surface area contributed by atoms with Gasteiger partial charge in [-0.1, -0.05) is 44.7 Å². The molecule has 0 aromatic heterocycles. The Bertz CT molecular complexity index is 219. The smallest absolute Gasteiger partial charge is 0.205 e. The Balaban J connectivity index is 0. The summed E-state index contributed by atoms with van der Waals surface area (Å²) in [6, 6.07) is 6.35. The van der Waals surface area contributed by atoms with Crippen molar-refractivity contribution in [3.63, 3.8) is 0 Å². The second kappa shape index (κ2) is 5.70. The van der Waals surface area contributed by atoms with E-state index in [1.807, 2.05) is 0 Å². The van der Waals surface area contributed by atoms with Gasteiger partial charge in [-0.05, 0) is 6.92 Å². The van der Waals surface area contributed by atoms with Crippen molar-refractivity contribution < 1.29 is 8.78 Å². The number of aryl methyl sites for hydroxylation is 1. The van der Waals surface area contributed by atoms with Crippen LogP contribution in [0.2, 0.25) is 0 Å². The highest BCUT2D eigenvalue weighted by atomic mass is 19.3. The first-order valence-corrected chi connectivity index (χ1v) is 3.05. The van der Waals surface area contributed by atoms with Gasteiger partial charge in [0.2, 0.25) is 0 Å². The van der Waals surface area contributed by atoms with E-state index in [0.29, 0.717) is 0 Å². The molecule has 0 fully saturated rings. The average Bonchev–Trinajstić information content (AvgIpc) is 1.88. The Morgan fingerprint density at radius 3 is 2.08 bits per heavy atom. The van der Waals surface area contributed by atoms with Crippen LogP contribution in [0.5, 0.6) is 0 Å². The van der Waals surface area contributed by atoms with Crippen molar-refractivity contribution in [3.8, 4) is 0 Å². The van der Waals surface area contributed by atoms with E-state index in [-0.39, 0.29) is 20.4 Å². The van der Waals surface area contributed by atoms with Crippen LogP contribution in [0.1, 0.15) is 32.4 Å². The number of rotatable bonds is 1. The van der Waals surface area contributed by atoms with Crippen LogP contribution in [-0.4, -0.2) is 0 Å². The predicted octanol–water partition coefficient (Wildman–Crippen LogP) is 4.20. The molecule has 0 amide bonds. The third kappa shape index (κ3) is 3.46. The number of hydrogen-bond donors (Lipinski definition) is 0. The van der Waals surface area contributed by atoms with Crippen LogP contribution >= 0.6 is 0 Å². The van der Waals surface area contributed by atoms with Crippen molar-refractivity contribution in [2.24, 2.45) is 0 Å². The van der Waals surface area contributed by atoms with Crippen molar-refractivity contribution in [1.29, 1.82) is 0 Å². The summed E-state index contributed by atoms with van der Waals surface area (Å²) < 4.78 is 23.9. The van der Waals surface area contributed by atoms with Crippen LogP contribution in [0.25, 0.3) is 0 Å². The van der Waals surface area contributed by atoms with Crippen LogP contribution < -0.4 is 0 Å². The largest absolute Gasteiger partial charge is 0.263 e. The Morgan fingerprint density at radius 1 is 1.17 bits per heavy atom. The Morgan fingerprint density at radius 2 is 1.75 bits per heavy atom. The highest BCUT2D eigenvalue weighted by Gasteiger charge is 2.04. The molecule has 0 N–H and O–H groups in total. The molecule has 0 nitrogen and oxygen atoms in total. The van der Waals surface area contributed by atoms with Crippen molar-refractivity contribution in [3.05, 3.63) is 35.4 Å². The van der Waals surface area contributed by atoms with Crippen LogP contribution in [0, 0.1) is 6.92 Å². The Labute approximate surface area is 73.2 Å². The summed E-state index contributed by atoms with van der Waals surface area (Å²) >= 11 is 0. The van der Waals surface area contributed by atoms with Crippen LogP contribution in [-0.2, 0) is 0 Å². The van der Waals surface area contributed by atoms with Crippen molar-refractivity contribution >= 4 is 0 Å². The van der Waals surface area contributed by atoms with E-state index in [1.54, 1.807) is 19.1 Å². The van der Waals surface area contributed by atoms with Gasteiger partial charge in [0.05, 0.1) is 0 Å². The minimum absolute atomic E-state index is 0. The summed E-state index contributed by atoms with van der Waals surface area (Å²) in [5, 5.41) is 0. The quantitative estimate of drug-likeness (QED) is 0.598. The van der Waals surface area contributed by atoms with Gasteiger partial charge in [0.1, 0.15) is 0 Å². The van der Waals surface area contributed by atoms with Gasteiger partial charge < -0.3 is 0 Å². The zero-order valence-electron chi connectivity index (χ0n) is 5.64. The minimum atomic E-state index is -2.35. The summed E-state index contributed by atoms with van der Waals surface area (Å²) in [5.41, 5.74) is 0.970. The number of halogens is 2. The van der Waals surface area contributed by atoms with E-state index in [0.717, 1.165) is 5.56 Å². The lowest BCUT2D eigenvalue weighted by atomic mass is 10.1. The summed E-state index contributed by atoms with van der Waals surface area (Å²) in [7, 11) is 0. The van der Waals surface area contributed by atoms with E-state index in [9.17, 15) is 8.78 Å². The lowest BCUT2D eigenvalue weighted by molar-refractivity contribution is 0.151. The lowest BCUT2D eigenvalue weighted by Gasteiger charge is -1.98. The van der Waals surface area contributed by atoms with E-state index >= 15 is 0 Å². The molecule has 70 valence electrons. The molecule has 0 radical (unpaired) electrons. The van der Waals surface area contributed by atoms with Gasteiger partial charge >= 0.3 is 0 Å². The van der Waals surface area contributed by atoms with Gasteiger partial charge in [-0.3, -0.25) is 0 Å². The van der Waals surface area contributed by atoms with E-state index in [4.69, 9.17) is 0 Å². The third-order valence-electron chi connectivity index (χ3n) is 1.29. The number of benzene rings is 1. The second-order valence-corrected chi connectivity index (χ2v) is 2.21. The van der Waals surface area contributed by atoms with Crippen molar-refractivity contribution in [2.75, 3.05) is 0 Å².